The number of rotatable bonds is 3. The number of imidazole rings is 1. The molecule has 1 aromatic carbocycles. The van der Waals surface area contributed by atoms with Crippen molar-refractivity contribution in [1.29, 1.82) is 0 Å². The van der Waals surface area contributed by atoms with Crippen molar-refractivity contribution in [3.05, 3.63) is 66.4 Å². The number of fused-ring (bicyclic) bond motifs is 2. The van der Waals surface area contributed by atoms with E-state index in [-0.39, 0.29) is 0 Å². The maximum atomic E-state index is 5.05. The molecule has 8 heteroatoms. The van der Waals surface area contributed by atoms with E-state index < -0.39 is 0 Å². The molecule has 1 saturated heterocycles. The highest BCUT2D eigenvalue weighted by Gasteiger charge is 2.24. The largest absolute Gasteiger partial charge is 0.367 e. The van der Waals surface area contributed by atoms with Gasteiger partial charge in [-0.05, 0) is 25.3 Å². The van der Waals surface area contributed by atoms with Crippen molar-refractivity contribution in [3.63, 3.8) is 0 Å². The highest BCUT2D eigenvalue weighted by molar-refractivity contribution is 5.94. The van der Waals surface area contributed by atoms with Crippen LogP contribution in [0.3, 0.4) is 0 Å². The van der Waals surface area contributed by atoms with Crippen LogP contribution in [-0.4, -0.2) is 73.2 Å². The van der Waals surface area contributed by atoms with Gasteiger partial charge in [-0.2, -0.15) is 5.10 Å². The third-order valence-corrected chi connectivity index (χ3v) is 6.22. The summed E-state index contributed by atoms with van der Waals surface area (Å²) in [5.74, 6) is 0.785. The molecule has 3 aromatic heterocycles. The molecule has 0 unspecified atom stereocenters. The fourth-order valence-electron chi connectivity index (χ4n) is 4.41. The third-order valence-electron chi connectivity index (χ3n) is 6.22. The number of aromatic amines is 2. The van der Waals surface area contributed by atoms with E-state index in [0.717, 1.165) is 77.7 Å². The minimum absolute atomic E-state index is 0.785. The maximum Gasteiger partial charge on any atom is 0.159 e. The zero-order chi connectivity index (χ0) is 21.5. The molecule has 0 spiro atoms. The molecule has 160 valence electrons. The number of likely N-dealkylation sites (N-methyl/N-ethyl adjacent to an activating group) is 1. The van der Waals surface area contributed by atoms with Gasteiger partial charge in [0.05, 0.1) is 23.1 Å². The van der Waals surface area contributed by atoms with Gasteiger partial charge < -0.3 is 14.8 Å². The van der Waals surface area contributed by atoms with Crippen LogP contribution < -0.4 is 0 Å². The number of hydrogen-bond donors (Lipinski definition) is 2. The number of benzene rings is 1. The quantitative estimate of drug-likeness (QED) is 0.525. The van der Waals surface area contributed by atoms with Gasteiger partial charge in [-0.1, -0.05) is 18.2 Å². The molecule has 1 aliphatic carbocycles. The Morgan fingerprint density at radius 3 is 2.78 bits per heavy atom. The summed E-state index contributed by atoms with van der Waals surface area (Å²) in [6, 6.07) is 6.16. The lowest BCUT2D eigenvalue weighted by atomic mass is 10.1. The lowest BCUT2D eigenvalue weighted by Crippen LogP contribution is -2.43. The highest BCUT2D eigenvalue weighted by atomic mass is 15.3. The first-order valence-electron chi connectivity index (χ1n) is 10.9. The fraction of sp³-hybridized carbons (Fsp3) is 0.250. The van der Waals surface area contributed by atoms with E-state index in [1.807, 2.05) is 12.1 Å². The minimum Gasteiger partial charge on any atom is -0.367 e. The maximum absolute atomic E-state index is 5.05. The van der Waals surface area contributed by atoms with E-state index in [1.165, 1.54) is 5.70 Å². The number of aromatic nitrogens is 6. The molecule has 0 radical (unpaired) electrons. The van der Waals surface area contributed by atoms with Gasteiger partial charge in [0, 0.05) is 61.6 Å². The molecule has 0 bridgehead atoms. The predicted octanol–water partition coefficient (Wildman–Crippen LogP) is 3.11. The van der Waals surface area contributed by atoms with Gasteiger partial charge >= 0.3 is 0 Å². The molecule has 4 aromatic rings. The van der Waals surface area contributed by atoms with E-state index in [2.05, 4.69) is 66.3 Å². The number of allylic oxidation sites excluding steroid dienone is 3. The Hall–Kier alpha value is -3.78. The first-order valence-corrected chi connectivity index (χ1v) is 10.9. The molecule has 1 aliphatic heterocycles. The average Bonchev–Trinajstić information content (AvgIpc) is 3.39. The summed E-state index contributed by atoms with van der Waals surface area (Å²) in [5, 5.41) is 8.76. The summed E-state index contributed by atoms with van der Waals surface area (Å²) in [6.07, 6.45) is 12.5. The number of piperazine rings is 1. The summed E-state index contributed by atoms with van der Waals surface area (Å²) in [5.41, 5.74) is 6.96. The minimum atomic E-state index is 0.785. The van der Waals surface area contributed by atoms with Gasteiger partial charge in [0.25, 0.3) is 0 Å². The summed E-state index contributed by atoms with van der Waals surface area (Å²) >= 11 is 0. The second-order valence-corrected chi connectivity index (χ2v) is 8.31. The van der Waals surface area contributed by atoms with Gasteiger partial charge in [-0.15, -0.1) is 0 Å². The van der Waals surface area contributed by atoms with Crippen LogP contribution in [0.5, 0.6) is 0 Å². The molecule has 0 amide bonds. The smallest absolute Gasteiger partial charge is 0.159 e. The van der Waals surface area contributed by atoms with Crippen LogP contribution in [0.1, 0.15) is 11.4 Å². The standard InChI is InChI=1S/C24H24N8/c1-31-10-12-32(13-11-31)21-5-3-2-4-19-23(21)28-24(27-19)22-17-14-16(6-7-18(17)29-30-22)20-15-25-8-9-26-20/h2-3,5-9,14-15H,4,10-13H2,1H3,(H,27,28)(H,29,30). The van der Waals surface area contributed by atoms with Gasteiger partial charge in [0.15, 0.2) is 5.82 Å². The fourth-order valence-corrected chi connectivity index (χ4v) is 4.41. The Bertz CT molecular complexity index is 1320. The summed E-state index contributed by atoms with van der Waals surface area (Å²) in [4.78, 5) is 22.0. The molecule has 1 fully saturated rings. The van der Waals surface area contributed by atoms with Gasteiger partial charge in [0.1, 0.15) is 11.4 Å². The molecule has 6 rings (SSSR count). The molecule has 0 atom stereocenters. The Kier molecular flexibility index (Phi) is 4.57. The van der Waals surface area contributed by atoms with Crippen LogP contribution in [0.2, 0.25) is 0 Å². The number of nitrogens with zero attached hydrogens (tertiary/aromatic N) is 6. The SMILES string of the molecule is CN1CCN(C2=CC=CCc3[nH]c(-c4n[nH]c5ccc(-c6cnccn6)cc45)nc32)CC1. The van der Waals surface area contributed by atoms with Crippen LogP contribution >= 0.6 is 0 Å². The Morgan fingerprint density at radius 1 is 1.03 bits per heavy atom. The van der Waals surface area contributed by atoms with Crippen molar-refractivity contribution in [2.45, 2.75) is 6.42 Å². The van der Waals surface area contributed by atoms with Crippen LogP contribution in [0.15, 0.2) is 55.0 Å². The molecule has 2 N–H and O–H groups in total. The molecular formula is C24H24N8. The zero-order valence-electron chi connectivity index (χ0n) is 17.9. The lowest BCUT2D eigenvalue weighted by molar-refractivity contribution is 0.207. The highest BCUT2D eigenvalue weighted by Crippen LogP contribution is 2.32. The Morgan fingerprint density at radius 2 is 1.94 bits per heavy atom. The van der Waals surface area contributed by atoms with Crippen LogP contribution in [0.4, 0.5) is 0 Å². The second-order valence-electron chi connectivity index (χ2n) is 8.31. The van der Waals surface area contributed by atoms with Crippen LogP contribution in [-0.2, 0) is 6.42 Å². The van der Waals surface area contributed by atoms with Crippen molar-refractivity contribution < 1.29 is 0 Å². The lowest BCUT2D eigenvalue weighted by Gasteiger charge is -2.35. The number of hydrogen-bond acceptors (Lipinski definition) is 6. The van der Waals surface area contributed by atoms with Crippen molar-refractivity contribution in [3.8, 4) is 22.8 Å². The Balaban J connectivity index is 1.41. The summed E-state index contributed by atoms with van der Waals surface area (Å²) in [6.45, 7) is 4.13. The normalized spacial score (nSPS) is 16.8. The van der Waals surface area contributed by atoms with Crippen molar-refractivity contribution in [2.75, 3.05) is 33.2 Å². The van der Waals surface area contributed by atoms with Gasteiger partial charge in [-0.3, -0.25) is 15.1 Å². The van der Waals surface area contributed by atoms with Crippen molar-refractivity contribution in [2.24, 2.45) is 0 Å². The average molecular weight is 425 g/mol. The van der Waals surface area contributed by atoms with Crippen LogP contribution in [0.25, 0.3) is 39.4 Å². The first kappa shape index (κ1) is 18.9. The van der Waals surface area contributed by atoms with Gasteiger partial charge in [-0.25, -0.2) is 4.98 Å². The van der Waals surface area contributed by atoms with Crippen molar-refractivity contribution in [1.82, 2.24) is 39.9 Å². The van der Waals surface area contributed by atoms with Gasteiger partial charge in [0.2, 0.25) is 0 Å². The molecule has 4 heterocycles. The summed E-state index contributed by atoms with van der Waals surface area (Å²) < 4.78 is 0. The summed E-state index contributed by atoms with van der Waals surface area (Å²) in [7, 11) is 2.18. The number of H-pyrrole nitrogens is 2. The van der Waals surface area contributed by atoms with E-state index in [1.54, 1.807) is 18.6 Å². The Labute approximate surface area is 185 Å². The predicted molar refractivity (Wildman–Crippen MR) is 125 cm³/mol. The van der Waals surface area contributed by atoms with E-state index in [4.69, 9.17) is 4.98 Å². The molecule has 8 nitrogen and oxygen atoms in total. The number of nitrogens with one attached hydrogen (secondary N) is 2. The zero-order valence-corrected chi connectivity index (χ0v) is 17.9. The van der Waals surface area contributed by atoms with E-state index in [9.17, 15) is 0 Å². The monoisotopic (exact) mass is 424 g/mol. The third kappa shape index (κ3) is 3.29. The molecular weight excluding hydrogens is 400 g/mol. The topological polar surface area (TPSA) is 89.6 Å². The molecule has 2 aliphatic rings. The first-order chi connectivity index (χ1) is 15.8. The van der Waals surface area contributed by atoms with Crippen molar-refractivity contribution >= 4 is 16.6 Å². The molecule has 0 saturated carbocycles. The molecule has 32 heavy (non-hydrogen) atoms. The van der Waals surface area contributed by atoms with Crippen LogP contribution in [0, 0.1) is 0 Å². The van der Waals surface area contributed by atoms with E-state index >= 15 is 0 Å². The second kappa shape index (κ2) is 7.72. The van der Waals surface area contributed by atoms with E-state index in [0.29, 0.717) is 0 Å².